The van der Waals surface area contributed by atoms with Crippen LogP contribution in [0.15, 0.2) is 0 Å². The summed E-state index contributed by atoms with van der Waals surface area (Å²) in [7, 11) is 2.24. The molecule has 0 aliphatic heterocycles. The van der Waals surface area contributed by atoms with Crippen molar-refractivity contribution in [3.05, 3.63) is 0 Å². The summed E-state index contributed by atoms with van der Waals surface area (Å²) in [4.78, 5) is 2.49. The molecule has 1 aliphatic rings. The lowest BCUT2D eigenvalue weighted by atomic mass is 9.80. The quantitative estimate of drug-likeness (QED) is 0.802. The first-order valence-corrected chi connectivity index (χ1v) is 6.79. The van der Waals surface area contributed by atoms with E-state index in [1.54, 1.807) is 0 Å². The second-order valence-electron chi connectivity index (χ2n) is 6.79. The molecule has 16 heavy (non-hydrogen) atoms. The maximum absolute atomic E-state index is 6.27. The zero-order chi connectivity index (χ0) is 12.3. The van der Waals surface area contributed by atoms with E-state index in [0.29, 0.717) is 17.5 Å². The van der Waals surface area contributed by atoms with E-state index in [1.807, 2.05) is 0 Å². The predicted molar refractivity (Wildman–Crippen MR) is 71.5 cm³/mol. The molecule has 2 nitrogen and oxygen atoms in total. The number of nitrogens with zero attached hydrogens (tertiary/aromatic N) is 1. The van der Waals surface area contributed by atoms with Crippen molar-refractivity contribution in [1.82, 2.24) is 4.90 Å². The molecule has 1 aliphatic carbocycles. The third kappa shape index (κ3) is 4.06. The van der Waals surface area contributed by atoms with Gasteiger partial charge in [-0.1, -0.05) is 34.1 Å². The van der Waals surface area contributed by atoms with Crippen LogP contribution in [0.3, 0.4) is 0 Å². The van der Waals surface area contributed by atoms with Crippen LogP contribution in [-0.4, -0.2) is 30.6 Å². The molecule has 0 aromatic carbocycles. The van der Waals surface area contributed by atoms with Gasteiger partial charge in [0.05, 0.1) is 0 Å². The van der Waals surface area contributed by atoms with Crippen molar-refractivity contribution >= 4 is 0 Å². The summed E-state index contributed by atoms with van der Waals surface area (Å²) in [5.41, 5.74) is 6.64. The van der Waals surface area contributed by atoms with Gasteiger partial charge in [-0.2, -0.15) is 0 Å². The van der Waals surface area contributed by atoms with Crippen LogP contribution in [0.1, 0.15) is 53.4 Å². The van der Waals surface area contributed by atoms with Crippen LogP contribution in [0.25, 0.3) is 0 Å². The first kappa shape index (κ1) is 14.0. The first-order valence-electron chi connectivity index (χ1n) is 6.79. The molecule has 0 amide bonds. The highest BCUT2D eigenvalue weighted by molar-refractivity contribution is 4.89. The number of rotatable bonds is 3. The Kier molecular flexibility index (Phi) is 4.81. The van der Waals surface area contributed by atoms with Crippen molar-refractivity contribution in [2.45, 2.75) is 65.5 Å². The lowest BCUT2D eigenvalue weighted by Gasteiger charge is -2.41. The van der Waals surface area contributed by atoms with Gasteiger partial charge >= 0.3 is 0 Å². The van der Waals surface area contributed by atoms with Crippen molar-refractivity contribution in [2.75, 3.05) is 13.6 Å². The van der Waals surface area contributed by atoms with Gasteiger partial charge in [0, 0.05) is 18.6 Å². The molecule has 0 saturated heterocycles. The Bertz CT molecular complexity index is 207. The third-order valence-corrected chi connectivity index (χ3v) is 3.84. The topological polar surface area (TPSA) is 29.3 Å². The van der Waals surface area contributed by atoms with E-state index >= 15 is 0 Å². The van der Waals surface area contributed by atoms with E-state index in [1.165, 1.54) is 25.7 Å². The summed E-state index contributed by atoms with van der Waals surface area (Å²) in [6.45, 7) is 10.4. The highest BCUT2D eigenvalue weighted by Gasteiger charge is 2.31. The summed E-state index contributed by atoms with van der Waals surface area (Å²) < 4.78 is 0. The van der Waals surface area contributed by atoms with E-state index < -0.39 is 0 Å². The van der Waals surface area contributed by atoms with Crippen LogP contribution in [0, 0.1) is 11.3 Å². The molecule has 1 fully saturated rings. The van der Waals surface area contributed by atoms with Crippen LogP contribution < -0.4 is 5.73 Å². The lowest BCUT2D eigenvalue weighted by Crippen LogP contribution is -2.51. The number of hydrogen-bond acceptors (Lipinski definition) is 2. The third-order valence-electron chi connectivity index (χ3n) is 3.84. The van der Waals surface area contributed by atoms with Gasteiger partial charge in [-0.05, 0) is 37.6 Å². The van der Waals surface area contributed by atoms with E-state index in [4.69, 9.17) is 5.73 Å². The Morgan fingerprint density at radius 1 is 1.25 bits per heavy atom. The molecule has 2 N–H and O–H groups in total. The van der Waals surface area contributed by atoms with Gasteiger partial charge < -0.3 is 10.6 Å². The molecule has 1 saturated carbocycles. The van der Waals surface area contributed by atoms with Crippen molar-refractivity contribution in [1.29, 1.82) is 0 Å². The summed E-state index contributed by atoms with van der Waals surface area (Å²) in [5.74, 6) is 0.896. The van der Waals surface area contributed by atoms with Gasteiger partial charge in [0.25, 0.3) is 0 Å². The molecule has 0 aromatic heterocycles. The van der Waals surface area contributed by atoms with Crippen LogP contribution in [0.5, 0.6) is 0 Å². The normalized spacial score (nSPS) is 32.1. The largest absolute Gasteiger partial charge is 0.326 e. The summed E-state index contributed by atoms with van der Waals surface area (Å²) in [6.07, 6.45) is 5.14. The van der Waals surface area contributed by atoms with Crippen LogP contribution in [0.4, 0.5) is 0 Å². The van der Waals surface area contributed by atoms with Gasteiger partial charge in [-0.15, -0.1) is 0 Å². The fourth-order valence-corrected chi connectivity index (χ4v) is 3.00. The molecule has 3 atom stereocenters. The number of likely N-dealkylation sites (N-methyl/N-ethyl adjacent to an activating group) is 1. The minimum absolute atomic E-state index is 0.369. The van der Waals surface area contributed by atoms with Crippen LogP contribution in [-0.2, 0) is 0 Å². The first-order chi connectivity index (χ1) is 7.33. The second-order valence-corrected chi connectivity index (χ2v) is 6.79. The maximum atomic E-state index is 6.27. The number of nitrogens with two attached hydrogens (primary N) is 1. The summed E-state index contributed by atoms with van der Waals surface area (Å²) in [6, 6.07) is 0.980. The van der Waals surface area contributed by atoms with Gasteiger partial charge in [0.2, 0.25) is 0 Å². The average Bonchev–Trinajstić information content (AvgIpc) is 2.15. The minimum atomic E-state index is 0.369. The summed E-state index contributed by atoms with van der Waals surface area (Å²) >= 11 is 0. The van der Waals surface area contributed by atoms with Crippen LogP contribution in [0.2, 0.25) is 0 Å². The Morgan fingerprint density at radius 2 is 1.88 bits per heavy atom. The van der Waals surface area contributed by atoms with Gasteiger partial charge in [0.1, 0.15) is 0 Å². The van der Waals surface area contributed by atoms with E-state index in [9.17, 15) is 0 Å². The van der Waals surface area contributed by atoms with Crippen LogP contribution >= 0.6 is 0 Å². The number of hydrogen-bond donors (Lipinski definition) is 1. The molecule has 3 unspecified atom stereocenters. The molecule has 1 rings (SSSR count). The highest BCUT2D eigenvalue weighted by Crippen LogP contribution is 2.30. The average molecular weight is 226 g/mol. The fraction of sp³-hybridized carbons (Fsp3) is 1.00. The van der Waals surface area contributed by atoms with Crippen molar-refractivity contribution in [3.63, 3.8) is 0 Å². The van der Waals surface area contributed by atoms with Crippen molar-refractivity contribution < 1.29 is 0 Å². The molecule has 0 spiro atoms. The predicted octanol–water partition coefficient (Wildman–Crippen LogP) is 2.87. The Labute approximate surface area is 102 Å². The molecular weight excluding hydrogens is 196 g/mol. The van der Waals surface area contributed by atoms with Crippen molar-refractivity contribution in [3.8, 4) is 0 Å². The zero-order valence-electron chi connectivity index (χ0n) is 11.8. The smallest absolute Gasteiger partial charge is 0.0247 e. The van der Waals surface area contributed by atoms with E-state index in [0.717, 1.165) is 12.5 Å². The Morgan fingerprint density at radius 3 is 2.38 bits per heavy atom. The molecule has 0 bridgehead atoms. The molecule has 96 valence electrons. The second kappa shape index (κ2) is 5.50. The SMILES string of the molecule is CCC1CCC(N)C(N(C)CC(C)(C)C)C1. The molecule has 0 aromatic rings. The summed E-state index contributed by atoms with van der Waals surface area (Å²) in [5, 5.41) is 0. The Balaban J connectivity index is 2.55. The van der Waals surface area contributed by atoms with E-state index in [2.05, 4.69) is 39.6 Å². The van der Waals surface area contributed by atoms with Gasteiger partial charge in [-0.3, -0.25) is 0 Å². The maximum Gasteiger partial charge on any atom is 0.0247 e. The molecule has 0 radical (unpaired) electrons. The van der Waals surface area contributed by atoms with Gasteiger partial charge in [0.15, 0.2) is 0 Å². The van der Waals surface area contributed by atoms with E-state index in [-0.39, 0.29) is 0 Å². The fourth-order valence-electron chi connectivity index (χ4n) is 3.00. The zero-order valence-corrected chi connectivity index (χ0v) is 11.8. The molecular formula is C14H30N2. The molecule has 2 heteroatoms. The lowest BCUT2D eigenvalue weighted by molar-refractivity contribution is 0.103. The van der Waals surface area contributed by atoms with Crippen molar-refractivity contribution in [2.24, 2.45) is 17.1 Å². The Hall–Kier alpha value is -0.0800. The monoisotopic (exact) mass is 226 g/mol. The standard InChI is InChI=1S/C14H30N2/c1-6-11-7-8-12(15)13(9-11)16(5)10-14(2,3)4/h11-13H,6-10,15H2,1-5H3. The van der Waals surface area contributed by atoms with Gasteiger partial charge in [-0.25, -0.2) is 0 Å². The molecule has 0 heterocycles. The highest BCUT2D eigenvalue weighted by atomic mass is 15.2. The minimum Gasteiger partial charge on any atom is -0.326 e.